The first kappa shape index (κ1) is 11.5. The predicted octanol–water partition coefficient (Wildman–Crippen LogP) is 3.72. The predicted molar refractivity (Wildman–Crippen MR) is 68.1 cm³/mol. The Morgan fingerprint density at radius 1 is 1.50 bits per heavy atom. The summed E-state index contributed by atoms with van der Waals surface area (Å²) in [5, 5.41) is 8.80. The van der Waals surface area contributed by atoms with Gasteiger partial charge in [0.2, 0.25) is 0 Å². The molecule has 1 N–H and O–H groups in total. The van der Waals surface area contributed by atoms with E-state index >= 15 is 0 Å². The zero-order valence-corrected chi connectivity index (χ0v) is 10.5. The van der Waals surface area contributed by atoms with Gasteiger partial charge in [-0.15, -0.1) is 0 Å². The average Bonchev–Trinajstić information content (AvgIpc) is 3.10. The highest BCUT2D eigenvalue weighted by Gasteiger charge is 2.30. The van der Waals surface area contributed by atoms with Crippen molar-refractivity contribution in [1.82, 2.24) is 4.90 Å². The van der Waals surface area contributed by atoms with Crippen LogP contribution in [0.1, 0.15) is 31.4 Å². The lowest BCUT2D eigenvalue weighted by Crippen LogP contribution is -2.30. The Kier molecular flexibility index (Phi) is 3.20. The van der Waals surface area contributed by atoms with Gasteiger partial charge < -0.3 is 4.90 Å². The first-order valence-corrected chi connectivity index (χ1v) is 6.04. The van der Waals surface area contributed by atoms with Gasteiger partial charge in [0.1, 0.15) is 0 Å². The van der Waals surface area contributed by atoms with Crippen molar-refractivity contribution >= 4 is 17.4 Å². The van der Waals surface area contributed by atoms with Gasteiger partial charge >= 0.3 is 0 Å². The van der Waals surface area contributed by atoms with Crippen LogP contribution >= 0.6 is 11.6 Å². The highest BCUT2D eigenvalue weighted by atomic mass is 35.5. The molecule has 2 rings (SSSR count). The minimum atomic E-state index is 0.215. The molecule has 0 spiro atoms. The first-order valence-electron chi connectivity index (χ1n) is 5.66. The van der Waals surface area contributed by atoms with Crippen LogP contribution in [0.25, 0.3) is 0 Å². The number of benzene rings is 1. The van der Waals surface area contributed by atoms with Gasteiger partial charge in [0.05, 0.1) is 11.9 Å². The molecule has 86 valence electrons. The minimum absolute atomic E-state index is 0.215. The second kappa shape index (κ2) is 4.46. The monoisotopic (exact) mass is 236 g/mol. The highest BCUT2D eigenvalue weighted by molar-refractivity contribution is 6.30. The maximum Gasteiger partial charge on any atom is 0.0991 e. The number of nitrogens with one attached hydrogen (secondary N) is 1. The summed E-state index contributed by atoms with van der Waals surface area (Å²) in [7, 11) is 1.99. The third-order valence-electron chi connectivity index (χ3n) is 3.26. The Hall–Kier alpha value is -1.02. The van der Waals surface area contributed by atoms with Crippen LogP contribution < -0.4 is 0 Å². The Balaban J connectivity index is 2.11. The van der Waals surface area contributed by atoms with Crippen LogP contribution in [0.2, 0.25) is 5.02 Å². The van der Waals surface area contributed by atoms with E-state index in [-0.39, 0.29) is 6.04 Å². The summed E-state index contributed by atoms with van der Waals surface area (Å²) in [5.41, 5.74) is 1.17. The van der Waals surface area contributed by atoms with Gasteiger partial charge in [0.15, 0.2) is 0 Å². The molecule has 1 saturated carbocycles. The largest absolute Gasteiger partial charge is 0.357 e. The summed E-state index contributed by atoms with van der Waals surface area (Å²) in [4.78, 5) is 2.04. The fourth-order valence-electron chi connectivity index (χ4n) is 1.84. The minimum Gasteiger partial charge on any atom is -0.357 e. The molecule has 0 heterocycles. The van der Waals surface area contributed by atoms with E-state index < -0.39 is 0 Å². The number of nitrogens with zero attached hydrogens (tertiary/aromatic N) is 1. The van der Waals surface area contributed by atoms with Crippen LogP contribution in [-0.4, -0.2) is 17.8 Å². The maximum atomic E-state index is 8.04. The van der Waals surface area contributed by atoms with Crippen molar-refractivity contribution in [3.8, 4) is 0 Å². The molecule has 2 nitrogen and oxygen atoms in total. The topological polar surface area (TPSA) is 27.1 Å². The lowest BCUT2D eigenvalue weighted by Gasteiger charge is -2.27. The van der Waals surface area contributed by atoms with E-state index in [1.807, 2.05) is 30.1 Å². The van der Waals surface area contributed by atoms with E-state index in [9.17, 15) is 0 Å². The van der Waals surface area contributed by atoms with E-state index in [1.165, 1.54) is 18.4 Å². The zero-order chi connectivity index (χ0) is 11.7. The smallest absolute Gasteiger partial charge is 0.0991 e. The van der Waals surface area contributed by atoms with Gasteiger partial charge in [-0.05, 0) is 37.5 Å². The lowest BCUT2D eigenvalue weighted by atomic mass is 10.1. The Morgan fingerprint density at radius 2 is 2.19 bits per heavy atom. The summed E-state index contributed by atoms with van der Waals surface area (Å²) in [6.07, 6.45) is 2.34. The van der Waals surface area contributed by atoms with Gasteiger partial charge in [-0.3, -0.25) is 5.41 Å². The van der Waals surface area contributed by atoms with Crippen molar-refractivity contribution in [2.24, 2.45) is 5.92 Å². The molecular weight excluding hydrogens is 220 g/mol. The fourth-order valence-corrected chi connectivity index (χ4v) is 2.04. The number of halogens is 1. The van der Waals surface area contributed by atoms with Crippen LogP contribution in [0.3, 0.4) is 0 Å². The number of hydrogen-bond donors (Lipinski definition) is 1. The van der Waals surface area contributed by atoms with Crippen LogP contribution in [0.15, 0.2) is 24.3 Å². The number of rotatable bonds is 3. The van der Waals surface area contributed by atoms with E-state index in [0.29, 0.717) is 5.92 Å². The first-order chi connectivity index (χ1) is 7.59. The van der Waals surface area contributed by atoms with Crippen molar-refractivity contribution in [2.45, 2.75) is 25.8 Å². The summed E-state index contributed by atoms with van der Waals surface area (Å²) < 4.78 is 0. The third kappa shape index (κ3) is 2.38. The average molecular weight is 237 g/mol. The molecule has 0 aromatic heterocycles. The summed E-state index contributed by atoms with van der Waals surface area (Å²) in [5.74, 6) is 1.25. The maximum absolute atomic E-state index is 8.04. The van der Waals surface area contributed by atoms with Crippen molar-refractivity contribution in [3.63, 3.8) is 0 Å². The summed E-state index contributed by atoms with van der Waals surface area (Å²) in [6.45, 7) is 2.11. The molecule has 1 unspecified atom stereocenters. The number of hydrogen-bond acceptors (Lipinski definition) is 1. The molecule has 1 aliphatic carbocycles. The molecule has 1 aliphatic rings. The highest BCUT2D eigenvalue weighted by Crippen LogP contribution is 2.33. The van der Waals surface area contributed by atoms with E-state index in [1.54, 1.807) is 0 Å². The zero-order valence-electron chi connectivity index (χ0n) is 9.70. The number of amidine groups is 1. The third-order valence-corrected chi connectivity index (χ3v) is 3.49. The van der Waals surface area contributed by atoms with Crippen LogP contribution in [-0.2, 0) is 0 Å². The van der Waals surface area contributed by atoms with E-state index in [0.717, 1.165) is 10.9 Å². The molecule has 1 fully saturated rings. The molecule has 0 saturated heterocycles. The van der Waals surface area contributed by atoms with Gasteiger partial charge in [-0.25, -0.2) is 0 Å². The van der Waals surface area contributed by atoms with Crippen molar-refractivity contribution < 1.29 is 0 Å². The van der Waals surface area contributed by atoms with Gasteiger partial charge in [-0.2, -0.15) is 0 Å². The van der Waals surface area contributed by atoms with Crippen molar-refractivity contribution in [2.75, 3.05) is 7.05 Å². The molecular formula is C13H17ClN2. The standard InChI is InChI=1S/C13H17ClN2/c1-9(11-4-3-5-12(14)8-11)16(2)13(15)10-6-7-10/h3-5,8-10,15H,6-7H2,1-2H3. The second-order valence-electron chi connectivity index (χ2n) is 4.50. The molecule has 0 aliphatic heterocycles. The normalized spacial score (nSPS) is 16.9. The second-order valence-corrected chi connectivity index (χ2v) is 4.94. The molecule has 16 heavy (non-hydrogen) atoms. The molecule has 1 atom stereocenters. The molecule has 3 heteroatoms. The molecule has 0 radical (unpaired) electrons. The summed E-state index contributed by atoms with van der Waals surface area (Å²) >= 11 is 5.98. The molecule has 0 amide bonds. The van der Waals surface area contributed by atoms with E-state index in [2.05, 4.69) is 13.0 Å². The Bertz CT molecular complexity index is 399. The molecule has 0 bridgehead atoms. The van der Waals surface area contributed by atoms with Crippen LogP contribution in [0.5, 0.6) is 0 Å². The van der Waals surface area contributed by atoms with Gasteiger partial charge in [0.25, 0.3) is 0 Å². The Labute approximate surface area is 102 Å². The van der Waals surface area contributed by atoms with Crippen LogP contribution in [0.4, 0.5) is 0 Å². The fraction of sp³-hybridized carbons (Fsp3) is 0.462. The van der Waals surface area contributed by atoms with Crippen molar-refractivity contribution in [3.05, 3.63) is 34.9 Å². The van der Waals surface area contributed by atoms with Gasteiger partial charge in [0, 0.05) is 18.0 Å². The quantitative estimate of drug-likeness (QED) is 0.629. The van der Waals surface area contributed by atoms with Crippen LogP contribution in [0, 0.1) is 11.3 Å². The van der Waals surface area contributed by atoms with E-state index in [4.69, 9.17) is 17.0 Å². The van der Waals surface area contributed by atoms with Gasteiger partial charge in [-0.1, -0.05) is 23.7 Å². The summed E-state index contributed by atoms with van der Waals surface area (Å²) in [6, 6.07) is 8.09. The lowest BCUT2D eigenvalue weighted by molar-refractivity contribution is 0.389. The SMILES string of the molecule is CC(c1cccc(Cl)c1)N(C)C(=N)C1CC1. The molecule has 1 aromatic rings. The van der Waals surface area contributed by atoms with Crippen molar-refractivity contribution in [1.29, 1.82) is 5.41 Å². The molecule has 1 aromatic carbocycles. The Morgan fingerprint density at radius 3 is 2.75 bits per heavy atom.